The minimum absolute atomic E-state index is 0.00625. The van der Waals surface area contributed by atoms with E-state index in [1.165, 1.54) is 0 Å². The molecule has 1 aliphatic rings. The number of nitrogens with one attached hydrogen (secondary N) is 1. The highest BCUT2D eigenvalue weighted by atomic mass is 16.2. The summed E-state index contributed by atoms with van der Waals surface area (Å²) in [6.07, 6.45) is 2.22. The molecule has 0 aromatic carbocycles. The number of nitrogens with zero attached hydrogens (tertiary/aromatic N) is 3. The second kappa shape index (κ2) is 5.99. The number of anilines is 1. The average molecular weight is 262 g/mol. The van der Waals surface area contributed by atoms with E-state index in [0.29, 0.717) is 23.5 Å². The molecule has 104 valence electrons. The number of hydrogen-bond donors (Lipinski definition) is 1. The van der Waals surface area contributed by atoms with Crippen LogP contribution < -0.4 is 5.32 Å². The van der Waals surface area contributed by atoms with Gasteiger partial charge in [0.05, 0.1) is 0 Å². The molecule has 1 aromatic heterocycles. The second-order valence-electron chi connectivity index (χ2n) is 5.42. The Morgan fingerprint density at radius 1 is 1.42 bits per heavy atom. The summed E-state index contributed by atoms with van der Waals surface area (Å²) in [6, 6.07) is 3.97. The highest BCUT2D eigenvalue weighted by molar-refractivity contribution is 5.92. The highest BCUT2D eigenvalue weighted by Crippen LogP contribution is 2.28. The van der Waals surface area contributed by atoms with Crippen LogP contribution in [-0.4, -0.2) is 40.1 Å². The summed E-state index contributed by atoms with van der Waals surface area (Å²) in [7, 11) is 0. The first-order chi connectivity index (χ1) is 9.11. The third-order valence-corrected chi connectivity index (χ3v) is 3.05. The van der Waals surface area contributed by atoms with E-state index in [9.17, 15) is 4.79 Å². The Balaban J connectivity index is 2.07. The van der Waals surface area contributed by atoms with Crippen molar-refractivity contribution in [3.05, 3.63) is 17.8 Å². The van der Waals surface area contributed by atoms with E-state index in [0.717, 1.165) is 25.9 Å². The van der Waals surface area contributed by atoms with Crippen molar-refractivity contribution in [2.75, 3.05) is 18.4 Å². The lowest BCUT2D eigenvalue weighted by Crippen LogP contribution is -2.36. The maximum absolute atomic E-state index is 12.4. The van der Waals surface area contributed by atoms with Gasteiger partial charge < -0.3 is 10.2 Å². The van der Waals surface area contributed by atoms with Crippen molar-refractivity contribution in [1.82, 2.24) is 15.1 Å². The van der Waals surface area contributed by atoms with Gasteiger partial charge in [-0.1, -0.05) is 13.8 Å². The van der Waals surface area contributed by atoms with Crippen LogP contribution in [0.3, 0.4) is 0 Å². The Kier molecular flexibility index (Phi) is 4.35. The molecule has 19 heavy (non-hydrogen) atoms. The molecule has 0 bridgehead atoms. The van der Waals surface area contributed by atoms with Crippen LogP contribution >= 0.6 is 0 Å². The van der Waals surface area contributed by atoms with Crippen LogP contribution in [0, 0.1) is 5.92 Å². The largest absolute Gasteiger partial charge is 0.369 e. The van der Waals surface area contributed by atoms with Gasteiger partial charge in [-0.15, -0.1) is 10.2 Å². The van der Waals surface area contributed by atoms with E-state index < -0.39 is 0 Å². The number of aromatic nitrogens is 2. The minimum atomic E-state index is 0.00625. The molecular formula is C14H22N4O. The van der Waals surface area contributed by atoms with Gasteiger partial charge in [0.2, 0.25) is 0 Å². The molecule has 5 heteroatoms. The third-order valence-electron chi connectivity index (χ3n) is 3.05. The fraction of sp³-hybridized carbons (Fsp3) is 0.643. The quantitative estimate of drug-likeness (QED) is 0.853. The van der Waals surface area contributed by atoms with Gasteiger partial charge in [0.1, 0.15) is 5.82 Å². The second-order valence-corrected chi connectivity index (χ2v) is 5.42. The molecule has 1 saturated carbocycles. The molecule has 1 N–H and O–H groups in total. The van der Waals surface area contributed by atoms with Gasteiger partial charge in [-0.2, -0.15) is 0 Å². The Morgan fingerprint density at radius 2 is 2.16 bits per heavy atom. The van der Waals surface area contributed by atoms with Crippen LogP contribution in [0.1, 0.15) is 44.1 Å². The fourth-order valence-electron chi connectivity index (χ4n) is 2.05. The number of amides is 1. The van der Waals surface area contributed by atoms with Gasteiger partial charge >= 0.3 is 0 Å². The Labute approximate surface area is 114 Å². The Hall–Kier alpha value is -1.65. The summed E-state index contributed by atoms with van der Waals surface area (Å²) >= 11 is 0. The molecule has 1 amide bonds. The van der Waals surface area contributed by atoms with Gasteiger partial charge in [-0.25, -0.2) is 0 Å². The lowest BCUT2D eigenvalue weighted by molar-refractivity contribution is 0.0715. The maximum atomic E-state index is 12.4. The zero-order valence-corrected chi connectivity index (χ0v) is 11.9. The van der Waals surface area contributed by atoms with Crippen molar-refractivity contribution >= 4 is 11.7 Å². The number of carbonyl (C=O) groups excluding carboxylic acids is 1. The highest BCUT2D eigenvalue weighted by Gasteiger charge is 2.33. The molecule has 0 saturated heterocycles. The van der Waals surface area contributed by atoms with Gasteiger partial charge in [0.25, 0.3) is 5.91 Å². The van der Waals surface area contributed by atoms with Gasteiger partial charge in [0, 0.05) is 19.1 Å². The summed E-state index contributed by atoms with van der Waals surface area (Å²) in [6.45, 7) is 7.84. The molecule has 0 unspecified atom stereocenters. The lowest BCUT2D eigenvalue weighted by Gasteiger charge is -2.23. The van der Waals surface area contributed by atoms with E-state index in [1.54, 1.807) is 6.07 Å². The van der Waals surface area contributed by atoms with Crippen molar-refractivity contribution in [2.24, 2.45) is 5.92 Å². The van der Waals surface area contributed by atoms with E-state index in [2.05, 4.69) is 29.4 Å². The zero-order chi connectivity index (χ0) is 13.8. The summed E-state index contributed by atoms with van der Waals surface area (Å²) < 4.78 is 0. The number of rotatable bonds is 6. The number of carbonyl (C=O) groups is 1. The number of hydrogen-bond acceptors (Lipinski definition) is 4. The first-order valence-corrected chi connectivity index (χ1v) is 7.00. The first kappa shape index (κ1) is 13.8. The van der Waals surface area contributed by atoms with Crippen molar-refractivity contribution < 1.29 is 4.79 Å². The Bertz CT molecular complexity index is 426. The van der Waals surface area contributed by atoms with E-state index in [4.69, 9.17) is 0 Å². The van der Waals surface area contributed by atoms with Crippen molar-refractivity contribution in [3.8, 4) is 0 Å². The zero-order valence-electron chi connectivity index (χ0n) is 11.9. The SMILES string of the molecule is CCNc1ccc(C(=O)N(CC(C)C)C2CC2)nn1. The molecule has 2 rings (SSSR count). The smallest absolute Gasteiger partial charge is 0.274 e. The predicted molar refractivity (Wildman–Crippen MR) is 75.1 cm³/mol. The lowest BCUT2D eigenvalue weighted by atomic mass is 10.2. The fourth-order valence-corrected chi connectivity index (χ4v) is 2.05. The summed E-state index contributed by atoms with van der Waals surface area (Å²) in [4.78, 5) is 14.4. The molecular weight excluding hydrogens is 240 g/mol. The third kappa shape index (κ3) is 3.66. The molecule has 1 aliphatic carbocycles. The molecule has 0 spiro atoms. The van der Waals surface area contributed by atoms with Crippen molar-refractivity contribution in [2.45, 2.75) is 39.7 Å². The monoisotopic (exact) mass is 262 g/mol. The summed E-state index contributed by atoms with van der Waals surface area (Å²) in [5.74, 6) is 1.19. The van der Waals surface area contributed by atoms with Crippen molar-refractivity contribution in [1.29, 1.82) is 0 Å². The topological polar surface area (TPSA) is 58.1 Å². The van der Waals surface area contributed by atoms with E-state index in [-0.39, 0.29) is 5.91 Å². The molecule has 0 radical (unpaired) electrons. The van der Waals surface area contributed by atoms with Crippen LogP contribution in [-0.2, 0) is 0 Å². The normalized spacial score (nSPS) is 14.5. The molecule has 0 aliphatic heterocycles. The van der Waals surface area contributed by atoms with Gasteiger partial charge in [-0.3, -0.25) is 4.79 Å². The molecule has 1 aromatic rings. The molecule has 0 atom stereocenters. The van der Waals surface area contributed by atoms with Gasteiger partial charge in [-0.05, 0) is 37.8 Å². The standard InChI is InChI=1S/C14H22N4O/c1-4-15-13-8-7-12(16-17-13)14(19)18(9-10(2)3)11-5-6-11/h7-8,10-11H,4-6,9H2,1-3H3,(H,15,17). The molecule has 1 heterocycles. The van der Waals surface area contributed by atoms with E-state index in [1.807, 2.05) is 17.9 Å². The summed E-state index contributed by atoms with van der Waals surface area (Å²) in [5.41, 5.74) is 0.439. The van der Waals surface area contributed by atoms with Crippen LogP contribution in [0.4, 0.5) is 5.82 Å². The minimum Gasteiger partial charge on any atom is -0.369 e. The molecule has 1 fully saturated rings. The van der Waals surface area contributed by atoms with Gasteiger partial charge in [0.15, 0.2) is 5.69 Å². The first-order valence-electron chi connectivity index (χ1n) is 7.00. The maximum Gasteiger partial charge on any atom is 0.274 e. The Morgan fingerprint density at radius 3 is 2.63 bits per heavy atom. The van der Waals surface area contributed by atoms with Crippen LogP contribution in [0.25, 0.3) is 0 Å². The average Bonchev–Trinajstić information content (AvgIpc) is 3.20. The van der Waals surface area contributed by atoms with E-state index >= 15 is 0 Å². The van der Waals surface area contributed by atoms with Crippen LogP contribution in [0.15, 0.2) is 12.1 Å². The predicted octanol–water partition coefficient (Wildman–Crippen LogP) is 2.17. The molecule has 5 nitrogen and oxygen atoms in total. The van der Waals surface area contributed by atoms with Crippen LogP contribution in [0.2, 0.25) is 0 Å². The van der Waals surface area contributed by atoms with Crippen LogP contribution in [0.5, 0.6) is 0 Å². The summed E-state index contributed by atoms with van der Waals surface area (Å²) in [5, 5.41) is 11.1. The van der Waals surface area contributed by atoms with Crippen molar-refractivity contribution in [3.63, 3.8) is 0 Å².